The number of esters is 2. The molecule has 0 radical (unpaired) electrons. The van der Waals surface area contributed by atoms with Gasteiger partial charge in [0.15, 0.2) is 5.60 Å². The summed E-state index contributed by atoms with van der Waals surface area (Å²) < 4.78 is 18.1. The van der Waals surface area contributed by atoms with E-state index in [1.54, 1.807) is 6.07 Å². The van der Waals surface area contributed by atoms with Gasteiger partial charge in [-0.2, -0.15) is 0 Å². The second kappa shape index (κ2) is 10.5. The molecule has 2 aliphatic heterocycles. The van der Waals surface area contributed by atoms with Crippen LogP contribution < -0.4 is 15.0 Å². The van der Waals surface area contributed by atoms with E-state index < -0.39 is 11.6 Å². The number of fused-ring (bicyclic) bond motifs is 7. The summed E-state index contributed by atoms with van der Waals surface area (Å²) in [4.78, 5) is 28.5. The number of nitrogens with one attached hydrogen (secondary N) is 1. The number of benzene rings is 5. The highest BCUT2D eigenvalue weighted by Crippen LogP contribution is 2.57. The summed E-state index contributed by atoms with van der Waals surface area (Å²) in [6.07, 6.45) is 0. The SMILES string of the molecule is CCN(CC)c1ccc2c(c1)Oc1cc(C)c(Nc3cc4ccccc4cc3C(=O)OC)cc1C21OC(=O)c2ccccc21. The van der Waals surface area contributed by atoms with Gasteiger partial charge in [0.2, 0.25) is 0 Å². The number of hydrogen-bond acceptors (Lipinski definition) is 7. The molecule has 0 fully saturated rings. The molecule has 1 spiro atoms. The molecular weight excluding hydrogens is 552 g/mol. The van der Waals surface area contributed by atoms with Crippen LogP contribution in [0, 0.1) is 6.92 Å². The molecule has 0 amide bonds. The Balaban J connectivity index is 1.43. The van der Waals surface area contributed by atoms with Crippen LogP contribution in [-0.4, -0.2) is 32.1 Å². The first-order chi connectivity index (χ1) is 21.4. The Labute approximate surface area is 256 Å². The number of hydrogen-bond donors (Lipinski definition) is 1. The van der Waals surface area contributed by atoms with E-state index in [1.807, 2.05) is 85.8 Å². The summed E-state index contributed by atoms with van der Waals surface area (Å²) in [7, 11) is 1.38. The number of carbonyl (C=O) groups excluding carboxylic acids is 2. The minimum Gasteiger partial charge on any atom is -0.465 e. The normalized spacial score (nSPS) is 16.0. The minimum atomic E-state index is -1.21. The molecule has 1 N–H and O–H groups in total. The first-order valence-corrected chi connectivity index (χ1v) is 14.8. The maximum absolute atomic E-state index is 13.4. The van der Waals surface area contributed by atoms with Crippen LogP contribution in [0.25, 0.3) is 10.8 Å². The summed E-state index contributed by atoms with van der Waals surface area (Å²) in [5.41, 5.74) is 5.24. The van der Waals surface area contributed by atoms with Crippen LogP contribution in [-0.2, 0) is 15.1 Å². The van der Waals surface area contributed by atoms with E-state index in [0.717, 1.165) is 51.9 Å². The summed E-state index contributed by atoms with van der Waals surface area (Å²) in [5.74, 6) is 0.428. The fourth-order valence-electron chi connectivity index (χ4n) is 6.50. The molecule has 44 heavy (non-hydrogen) atoms. The van der Waals surface area contributed by atoms with Crippen molar-refractivity contribution in [1.82, 2.24) is 0 Å². The van der Waals surface area contributed by atoms with Gasteiger partial charge < -0.3 is 24.4 Å². The van der Waals surface area contributed by atoms with E-state index in [2.05, 4.69) is 30.1 Å². The predicted octanol–water partition coefficient (Wildman–Crippen LogP) is 8.09. The predicted molar refractivity (Wildman–Crippen MR) is 172 cm³/mol. The van der Waals surface area contributed by atoms with E-state index in [-0.39, 0.29) is 5.97 Å². The van der Waals surface area contributed by atoms with Gasteiger partial charge >= 0.3 is 11.9 Å². The quantitative estimate of drug-likeness (QED) is 0.202. The first-order valence-electron chi connectivity index (χ1n) is 14.8. The number of carbonyl (C=O) groups is 2. The van der Waals surface area contributed by atoms with Crippen molar-refractivity contribution in [2.75, 3.05) is 30.4 Å². The highest BCUT2D eigenvalue weighted by molar-refractivity contribution is 6.03. The molecule has 0 bridgehead atoms. The number of methoxy groups -OCH3 is 1. The molecule has 0 saturated heterocycles. The molecule has 1 unspecified atom stereocenters. The molecule has 0 aliphatic carbocycles. The molecular formula is C37H32N2O5. The lowest BCUT2D eigenvalue weighted by atomic mass is 9.77. The Morgan fingerprint density at radius 1 is 0.818 bits per heavy atom. The highest BCUT2D eigenvalue weighted by Gasteiger charge is 2.53. The number of rotatable bonds is 6. The summed E-state index contributed by atoms with van der Waals surface area (Å²) in [6.45, 7) is 7.92. The Morgan fingerprint density at radius 2 is 1.52 bits per heavy atom. The van der Waals surface area contributed by atoms with Crippen LogP contribution in [0.1, 0.15) is 56.8 Å². The molecule has 2 aliphatic rings. The van der Waals surface area contributed by atoms with Crippen LogP contribution in [0.15, 0.2) is 91.0 Å². The average Bonchev–Trinajstić information content (AvgIpc) is 3.34. The van der Waals surface area contributed by atoms with Crippen molar-refractivity contribution in [2.24, 2.45) is 0 Å². The van der Waals surface area contributed by atoms with Crippen LogP contribution in [0.2, 0.25) is 0 Å². The fraction of sp³-hybridized carbons (Fsp3) is 0.189. The summed E-state index contributed by atoms with van der Waals surface area (Å²) in [5, 5.41) is 5.41. The van der Waals surface area contributed by atoms with E-state index in [0.29, 0.717) is 33.9 Å². The fourth-order valence-corrected chi connectivity index (χ4v) is 6.50. The zero-order valence-corrected chi connectivity index (χ0v) is 25.1. The lowest BCUT2D eigenvalue weighted by molar-refractivity contribution is 0.0224. The third-order valence-electron chi connectivity index (χ3n) is 8.73. The smallest absolute Gasteiger partial charge is 0.340 e. The van der Waals surface area contributed by atoms with Crippen LogP contribution >= 0.6 is 0 Å². The van der Waals surface area contributed by atoms with Gasteiger partial charge in [0.25, 0.3) is 0 Å². The van der Waals surface area contributed by atoms with Crippen molar-refractivity contribution in [3.63, 3.8) is 0 Å². The van der Waals surface area contributed by atoms with E-state index >= 15 is 0 Å². The second-order valence-electron chi connectivity index (χ2n) is 11.1. The Bertz CT molecular complexity index is 1980. The van der Waals surface area contributed by atoms with Crippen LogP contribution in [0.4, 0.5) is 17.1 Å². The molecule has 7 heteroatoms. The van der Waals surface area contributed by atoms with Crippen molar-refractivity contribution >= 4 is 39.8 Å². The Kier molecular flexibility index (Phi) is 6.54. The number of aryl methyl sites for hydroxylation is 1. The molecule has 2 heterocycles. The van der Waals surface area contributed by atoms with Gasteiger partial charge in [0.05, 0.1) is 23.9 Å². The van der Waals surface area contributed by atoms with E-state index in [9.17, 15) is 9.59 Å². The maximum Gasteiger partial charge on any atom is 0.340 e. The minimum absolute atomic E-state index is 0.384. The molecule has 0 saturated carbocycles. The highest BCUT2D eigenvalue weighted by atomic mass is 16.6. The van der Waals surface area contributed by atoms with Gasteiger partial charge in [-0.3, -0.25) is 0 Å². The van der Waals surface area contributed by atoms with Crippen LogP contribution in [0.3, 0.4) is 0 Å². The van der Waals surface area contributed by atoms with Gasteiger partial charge in [-0.1, -0.05) is 42.5 Å². The van der Waals surface area contributed by atoms with Crippen molar-refractivity contribution in [2.45, 2.75) is 26.4 Å². The first kappa shape index (κ1) is 27.5. The molecule has 5 aromatic carbocycles. The summed E-state index contributed by atoms with van der Waals surface area (Å²) in [6, 6.07) is 29.2. The lowest BCUT2D eigenvalue weighted by Gasteiger charge is -2.37. The van der Waals surface area contributed by atoms with E-state index in [1.165, 1.54) is 7.11 Å². The third-order valence-corrected chi connectivity index (χ3v) is 8.73. The molecule has 5 aromatic rings. The summed E-state index contributed by atoms with van der Waals surface area (Å²) >= 11 is 0. The van der Waals surface area contributed by atoms with Crippen molar-refractivity contribution < 1.29 is 23.8 Å². The maximum atomic E-state index is 13.4. The van der Waals surface area contributed by atoms with Gasteiger partial charge in [-0.15, -0.1) is 0 Å². The van der Waals surface area contributed by atoms with Crippen molar-refractivity contribution in [3.05, 3.63) is 124 Å². The number of anilines is 3. The van der Waals surface area contributed by atoms with Gasteiger partial charge in [-0.25, -0.2) is 9.59 Å². The molecule has 220 valence electrons. The lowest BCUT2D eigenvalue weighted by Crippen LogP contribution is -2.33. The molecule has 7 rings (SSSR count). The Hall–Kier alpha value is -5.30. The zero-order valence-electron chi connectivity index (χ0n) is 25.1. The van der Waals surface area contributed by atoms with Gasteiger partial charge in [0.1, 0.15) is 11.5 Å². The van der Waals surface area contributed by atoms with Gasteiger partial charge in [0, 0.05) is 47.2 Å². The third kappa shape index (κ3) is 4.11. The molecule has 1 atom stereocenters. The number of nitrogens with zero attached hydrogens (tertiary/aromatic N) is 1. The monoisotopic (exact) mass is 584 g/mol. The zero-order chi connectivity index (χ0) is 30.6. The molecule has 7 nitrogen and oxygen atoms in total. The average molecular weight is 585 g/mol. The Morgan fingerprint density at radius 3 is 2.27 bits per heavy atom. The second-order valence-corrected chi connectivity index (χ2v) is 11.1. The van der Waals surface area contributed by atoms with Crippen molar-refractivity contribution in [3.8, 4) is 11.5 Å². The van der Waals surface area contributed by atoms with Crippen molar-refractivity contribution in [1.29, 1.82) is 0 Å². The topological polar surface area (TPSA) is 77.1 Å². The van der Waals surface area contributed by atoms with Gasteiger partial charge in [-0.05, 0) is 79.6 Å². The standard InChI is InChI=1S/C37H32N2O5/c1-5-39(6-2)25-15-16-29-34(20-25)43-33-17-22(3)31(21-30(33)37(29)28-14-10-9-13-26(28)36(41)44-37)38-32-19-24-12-8-7-11-23(24)18-27(32)35(40)42-4/h7-21,38H,5-6H2,1-4H3. The van der Waals surface area contributed by atoms with E-state index in [4.69, 9.17) is 14.2 Å². The number of ether oxygens (including phenoxy) is 3. The van der Waals surface area contributed by atoms with Crippen LogP contribution in [0.5, 0.6) is 11.5 Å². The molecule has 0 aromatic heterocycles. The largest absolute Gasteiger partial charge is 0.465 e.